The molecule has 2 aromatic rings. The molecule has 0 aliphatic carbocycles. The molecule has 0 fully saturated rings. The molecule has 0 saturated heterocycles. The van der Waals surface area contributed by atoms with E-state index in [2.05, 4.69) is 10.9 Å². The molecule has 0 heterocycles. The molecule has 26 heavy (non-hydrogen) atoms. The summed E-state index contributed by atoms with van der Waals surface area (Å²) in [5.74, 6) is -2.02. The lowest BCUT2D eigenvalue weighted by Crippen LogP contribution is -2.46. The van der Waals surface area contributed by atoms with Crippen molar-refractivity contribution in [3.05, 3.63) is 70.8 Å². The van der Waals surface area contributed by atoms with Gasteiger partial charge in [0, 0.05) is 11.6 Å². The fourth-order valence-electron chi connectivity index (χ4n) is 1.87. The quantitative estimate of drug-likeness (QED) is 0.618. The van der Waals surface area contributed by atoms with E-state index in [0.717, 1.165) is 6.08 Å². The van der Waals surface area contributed by atoms with E-state index < -0.39 is 29.6 Å². The second-order valence-electron chi connectivity index (χ2n) is 5.16. The second-order valence-corrected chi connectivity index (χ2v) is 5.57. The average molecular weight is 381 g/mol. The van der Waals surface area contributed by atoms with E-state index in [1.165, 1.54) is 55.5 Å². The molecule has 2 N–H and O–H groups in total. The van der Waals surface area contributed by atoms with Crippen LogP contribution in [0.5, 0.6) is 5.75 Å². The molecule has 0 aliphatic rings. The first-order valence-corrected chi connectivity index (χ1v) is 7.89. The van der Waals surface area contributed by atoms with E-state index in [1.807, 2.05) is 0 Å². The van der Waals surface area contributed by atoms with Gasteiger partial charge in [0.25, 0.3) is 11.8 Å². The Bertz CT molecular complexity index is 805. The Morgan fingerprint density at radius 3 is 2.46 bits per heavy atom. The summed E-state index contributed by atoms with van der Waals surface area (Å²) >= 11 is 5.84. The molecule has 2 aromatic carbocycles. The molecular formula is C18H15ClF2N2O3. The van der Waals surface area contributed by atoms with Gasteiger partial charge < -0.3 is 4.74 Å². The normalized spacial score (nSPS) is 11.8. The number of halogens is 3. The van der Waals surface area contributed by atoms with Gasteiger partial charge in [-0.3, -0.25) is 20.4 Å². The number of benzene rings is 2. The topological polar surface area (TPSA) is 67.4 Å². The van der Waals surface area contributed by atoms with E-state index >= 15 is 0 Å². The third-order valence-corrected chi connectivity index (χ3v) is 3.54. The molecule has 0 bridgehead atoms. The number of hydrogen-bond acceptors (Lipinski definition) is 3. The first-order valence-electron chi connectivity index (χ1n) is 7.51. The molecule has 5 nitrogen and oxygen atoms in total. The number of hydrazine groups is 1. The van der Waals surface area contributed by atoms with Gasteiger partial charge in [-0.2, -0.15) is 0 Å². The van der Waals surface area contributed by atoms with E-state index in [1.54, 1.807) is 0 Å². The van der Waals surface area contributed by atoms with Crippen LogP contribution in [0.1, 0.15) is 12.5 Å². The lowest BCUT2D eigenvalue weighted by molar-refractivity contribution is -0.131. The third-order valence-electron chi connectivity index (χ3n) is 3.21. The first-order chi connectivity index (χ1) is 12.4. The molecule has 2 amide bonds. The lowest BCUT2D eigenvalue weighted by atomic mass is 10.2. The van der Waals surface area contributed by atoms with Gasteiger partial charge in [0.15, 0.2) is 6.10 Å². The molecule has 136 valence electrons. The highest BCUT2D eigenvalue weighted by atomic mass is 35.5. The van der Waals surface area contributed by atoms with Crippen molar-refractivity contribution in [1.82, 2.24) is 10.9 Å². The van der Waals surface area contributed by atoms with Gasteiger partial charge >= 0.3 is 0 Å². The van der Waals surface area contributed by atoms with E-state index in [0.29, 0.717) is 5.75 Å². The van der Waals surface area contributed by atoms with Gasteiger partial charge in [0.05, 0.1) is 5.02 Å². The standard InChI is InChI=1S/C18H15ClF2N2O3/c1-11(26-13-7-5-12(20)6-8-13)18(25)23-22-17(24)10-9-14-15(19)3-2-4-16(14)21/h2-11H,1H3,(H,22,24)(H,23,25)/b10-9+/t11-/m0/s1. The monoisotopic (exact) mass is 380 g/mol. The summed E-state index contributed by atoms with van der Waals surface area (Å²) in [6, 6.07) is 9.27. The second kappa shape index (κ2) is 8.96. The Kier molecular flexibility index (Phi) is 6.68. The van der Waals surface area contributed by atoms with Gasteiger partial charge in [0.2, 0.25) is 0 Å². The number of carbonyl (C=O) groups excluding carboxylic acids is 2. The molecule has 0 spiro atoms. The molecule has 0 radical (unpaired) electrons. The van der Waals surface area contributed by atoms with Crippen molar-refractivity contribution in [3.8, 4) is 5.75 Å². The first kappa shape index (κ1) is 19.4. The lowest BCUT2D eigenvalue weighted by Gasteiger charge is -2.14. The summed E-state index contributed by atoms with van der Waals surface area (Å²) in [4.78, 5) is 23.6. The Labute approximate surface area is 153 Å². The maximum atomic E-state index is 13.6. The summed E-state index contributed by atoms with van der Waals surface area (Å²) in [5.41, 5.74) is 4.36. The molecule has 1 atom stereocenters. The van der Waals surface area contributed by atoms with Crippen LogP contribution in [0.2, 0.25) is 5.02 Å². The average Bonchev–Trinajstić information content (AvgIpc) is 2.61. The van der Waals surface area contributed by atoms with Crippen molar-refractivity contribution in [1.29, 1.82) is 0 Å². The summed E-state index contributed by atoms with van der Waals surface area (Å²) in [6.07, 6.45) is 1.28. The zero-order valence-corrected chi connectivity index (χ0v) is 14.4. The SMILES string of the molecule is C[C@H](Oc1ccc(F)cc1)C(=O)NNC(=O)/C=C/c1c(F)cccc1Cl. The van der Waals surface area contributed by atoms with Crippen molar-refractivity contribution in [2.75, 3.05) is 0 Å². The van der Waals surface area contributed by atoms with Crippen molar-refractivity contribution in [2.45, 2.75) is 13.0 Å². The number of nitrogens with one attached hydrogen (secondary N) is 2. The van der Waals surface area contributed by atoms with E-state index in [-0.39, 0.29) is 10.6 Å². The minimum Gasteiger partial charge on any atom is -0.481 e. The zero-order chi connectivity index (χ0) is 19.1. The van der Waals surface area contributed by atoms with E-state index in [9.17, 15) is 18.4 Å². The van der Waals surface area contributed by atoms with Crippen molar-refractivity contribution >= 4 is 29.5 Å². The number of amides is 2. The molecule has 0 aliphatic heterocycles. The van der Waals surface area contributed by atoms with Crippen LogP contribution in [0.4, 0.5) is 8.78 Å². The highest BCUT2D eigenvalue weighted by Crippen LogP contribution is 2.20. The Balaban J connectivity index is 1.85. The molecule has 0 aromatic heterocycles. The minimum absolute atomic E-state index is 0.0589. The number of ether oxygens (including phenoxy) is 1. The van der Waals surface area contributed by atoms with E-state index in [4.69, 9.17) is 16.3 Å². The minimum atomic E-state index is -0.939. The van der Waals surface area contributed by atoms with Crippen LogP contribution in [0.3, 0.4) is 0 Å². The Morgan fingerprint density at radius 1 is 1.12 bits per heavy atom. The van der Waals surface area contributed by atoms with Crippen LogP contribution < -0.4 is 15.6 Å². The van der Waals surface area contributed by atoms with Gasteiger partial charge in [0.1, 0.15) is 17.4 Å². The summed E-state index contributed by atoms with van der Waals surface area (Å²) in [6.45, 7) is 1.46. The van der Waals surface area contributed by atoms with Crippen molar-refractivity contribution in [3.63, 3.8) is 0 Å². The van der Waals surface area contributed by atoms with Crippen LogP contribution in [0.25, 0.3) is 6.08 Å². The highest BCUT2D eigenvalue weighted by molar-refractivity contribution is 6.32. The predicted molar refractivity (Wildman–Crippen MR) is 93.2 cm³/mol. The maximum Gasteiger partial charge on any atom is 0.279 e. The van der Waals surface area contributed by atoms with Gasteiger partial charge in [-0.15, -0.1) is 0 Å². The molecule has 0 saturated carbocycles. The summed E-state index contributed by atoms with van der Waals surface area (Å²) < 4.78 is 31.7. The zero-order valence-electron chi connectivity index (χ0n) is 13.6. The number of carbonyl (C=O) groups is 2. The number of rotatable bonds is 5. The fourth-order valence-corrected chi connectivity index (χ4v) is 2.09. The summed E-state index contributed by atoms with van der Waals surface area (Å²) in [7, 11) is 0. The fraction of sp³-hybridized carbons (Fsp3) is 0.111. The Hall–Kier alpha value is -2.93. The smallest absolute Gasteiger partial charge is 0.279 e. The van der Waals surface area contributed by atoms with Crippen LogP contribution >= 0.6 is 11.6 Å². The molecular weight excluding hydrogens is 366 g/mol. The predicted octanol–water partition coefficient (Wildman–Crippen LogP) is 3.25. The maximum absolute atomic E-state index is 13.6. The molecule has 8 heteroatoms. The molecule has 0 unspecified atom stereocenters. The van der Waals surface area contributed by atoms with Gasteiger partial charge in [-0.05, 0) is 49.4 Å². The Morgan fingerprint density at radius 2 is 1.81 bits per heavy atom. The van der Waals surface area contributed by atoms with Crippen LogP contribution in [-0.4, -0.2) is 17.9 Å². The van der Waals surface area contributed by atoms with Crippen LogP contribution in [0.15, 0.2) is 48.5 Å². The van der Waals surface area contributed by atoms with Gasteiger partial charge in [-0.25, -0.2) is 8.78 Å². The molecule has 2 rings (SSSR count). The van der Waals surface area contributed by atoms with Crippen LogP contribution in [-0.2, 0) is 9.59 Å². The third kappa shape index (κ3) is 5.56. The van der Waals surface area contributed by atoms with Crippen molar-refractivity contribution in [2.24, 2.45) is 0 Å². The van der Waals surface area contributed by atoms with Gasteiger partial charge in [-0.1, -0.05) is 17.7 Å². The largest absolute Gasteiger partial charge is 0.481 e. The van der Waals surface area contributed by atoms with Crippen LogP contribution in [0, 0.1) is 11.6 Å². The number of hydrogen-bond donors (Lipinski definition) is 2. The van der Waals surface area contributed by atoms with Crippen molar-refractivity contribution < 1.29 is 23.1 Å². The summed E-state index contributed by atoms with van der Waals surface area (Å²) in [5, 5.41) is 0.152. The highest BCUT2D eigenvalue weighted by Gasteiger charge is 2.15.